The summed E-state index contributed by atoms with van der Waals surface area (Å²) in [7, 11) is 0. The van der Waals surface area contributed by atoms with Crippen molar-refractivity contribution in [1.82, 2.24) is 0 Å². The Balaban J connectivity index is 1.35. The first-order valence-electron chi connectivity index (χ1n) is 18.0. The highest BCUT2D eigenvalue weighted by molar-refractivity contribution is 6.00. The van der Waals surface area contributed by atoms with Crippen LogP contribution in [0.15, 0.2) is 146 Å². The van der Waals surface area contributed by atoms with Crippen LogP contribution in [-0.4, -0.2) is 10.2 Å². The van der Waals surface area contributed by atoms with E-state index >= 15 is 0 Å². The van der Waals surface area contributed by atoms with E-state index in [1.165, 1.54) is 5.56 Å². The van der Waals surface area contributed by atoms with Gasteiger partial charge in [0.15, 0.2) is 0 Å². The van der Waals surface area contributed by atoms with Crippen LogP contribution in [0.25, 0.3) is 43.8 Å². The van der Waals surface area contributed by atoms with Gasteiger partial charge in [0.25, 0.3) is 0 Å². The summed E-state index contributed by atoms with van der Waals surface area (Å²) in [6.45, 7) is 11.9. The maximum Gasteiger partial charge on any atom is 0.0846 e. The van der Waals surface area contributed by atoms with Crippen molar-refractivity contribution in [3.8, 4) is 22.3 Å². The van der Waals surface area contributed by atoms with E-state index in [-0.39, 0.29) is 0 Å². The molecule has 0 aliphatic heterocycles. The fourth-order valence-corrected chi connectivity index (χ4v) is 7.37. The lowest BCUT2D eigenvalue weighted by Crippen LogP contribution is -2.17. The molecule has 0 heterocycles. The summed E-state index contributed by atoms with van der Waals surface area (Å²) in [5, 5.41) is 27.0. The summed E-state index contributed by atoms with van der Waals surface area (Å²) < 4.78 is 0. The number of fused-ring (bicyclic) bond motifs is 2. The molecule has 3 heteroatoms. The molecule has 256 valence electrons. The monoisotopic (exact) mass is 669 g/mol. The van der Waals surface area contributed by atoms with Crippen molar-refractivity contribution in [3.05, 3.63) is 162 Å². The maximum atomic E-state index is 11.2. The predicted molar refractivity (Wildman–Crippen MR) is 216 cm³/mol. The number of hydrogen-bond donors (Lipinski definition) is 2. The van der Waals surface area contributed by atoms with Crippen molar-refractivity contribution in [2.45, 2.75) is 65.1 Å². The van der Waals surface area contributed by atoms with E-state index in [2.05, 4.69) is 164 Å². The van der Waals surface area contributed by atoms with Gasteiger partial charge < -0.3 is 15.1 Å². The third kappa shape index (κ3) is 6.68. The second-order valence-corrected chi connectivity index (χ2v) is 14.9. The van der Waals surface area contributed by atoms with Gasteiger partial charge in [-0.3, -0.25) is 0 Å². The van der Waals surface area contributed by atoms with Crippen LogP contribution in [0.5, 0.6) is 0 Å². The Morgan fingerprint density at radius 3 is 1.24 bits per heavy atom. The smallest absolute Gasteiger partial charge is 0.0846 e. The van der Waals surface area contributed by atoms with Gasteiger partial charge in [0.2, 0.25) is 0 Å². The summed E-state index contributed by atoms with van der Waals surface area (Å²) in [5.41, 5.74) is 8.51. The topological polar surface area (TPSA) is 43.7 Å². The van der Waals surface area contributed by atoms with E-state index in [0.717, 1.165) is 78.4 Å². The van der Waals surface area contributed by atoms with Gasteiger partial charge in [-0.05, 0) is 137 Å². The zero-order valence-electron chi connectivity index (χ0n) is 30.5. The zero-order chi connectivity index (χ0) is 35.9. The second-order valence-electron chi connectivity index (χ2n) is 14.9. The van der Waals surface area contributed by atoms with E-state index < -0.39 is 11.2 Å². The number of hydrogen-bond acceptors (Lipinski definition) is 3. The van der Waals surface area contributed by atoms with Crippen LogP contribution in [0.4, 0.5) is 17.1 Å². The minimum absolute atomic E-state index is 0.488. The molecule has 1 atom stereocenters. The van der Waals surface area contributed by atoms with Gasteiger partial charge in [-0.15, -0.1) is 0 Å². The van der Waals surface area contributed by atoms with Crippen LogP contribution in [0.1, 0.15) is 70.6 Å². The van der Waals surface area contributed by atoms with Crippen LogP contribution in [0, 0.1) is 0 Å². The van der Waals surface area contributed by atoms with Gasteiger partial charge in [0, 0.05) is 17.1 Å². The molecule has 0 fully saturated rings. The van der Waals surface area contributed by atoms with Crippen LogP contribution in [0.3, 0.4) is 0 Å². The first kappa shape index (κ1) is 34.2. The fourth-order valence-electron chi connectivity index (χ4n) is 7.37. The molecule has 1 unspecified atom stereocenters. The molecular formula is C48H47NO2. The van der Waals surface area contributed by atoms with Crippen LogP contribution in [-0.2, 0) is 11.2 Å². The molecule has 0 saturated carbocycles. The molecule has 0 spiro atoms. The summed E-state index contributed by atoms with van der Waals surface area (Å²) in [4.78, 5) is 2.30. The standard InChI is InChI=1S/C48H47NO2/c1-7-32(2)33-16-24-38(25-17-33)49(39-26-18-36(19-27-39)45-41-14-10-8-12-34(41)22-30-43(45)47(3,4)50)40-28-20-37(21-29-40)46-42-15-11-9-13-35(42)23-31-44(46)48(5,6)51/h8-32,50-51H,7H2,1-6H3. The number of anilines is 3. The number of nitrogens with zero attached hydrogens (tertiary/aromatic N) is 1. The average Bonchev–Trinajstić information content (AvgIpc) is 3.14. The van der Waals surface area contributed by atoms with E-state index in [1.807, 2.05) is 27.7 Å². The first-order chi connectivity index (χ1) is 24.4. The number of rotatable bonds is 9. The minimum Gasteiger partial charge on any atom is -0.386 e. The Morgan fingerprint density at radius 2 is 0.863 bits per heavy atom. The highest BCUT2D eigenvalue weighted by Gasteiger charge is 2.25. The molecule has 0 amide bonds. The van der Waals surface area contributed by atoms with E-state index in [9.17, 15) is 10.2 Å². The minimum atomic E-state index is -1.00. The highest BCUT2D eigenvalue weighted by atomic mass is 16.3. The molecule has 0 aliphatic carbocycles. The third-order valence-corrected chi connectivity index (χ3v) is 10.3. The summed E-state index contributed by atoms with van der Waals surface area (Å²) >= 11 is 0. The second kappa shape index (κ2) is 13.5. The van der Waals surface area contributed by atoms with Crippen molar-refractivity contribution in [2.24, 2.45) is 0 Å². The quantitative estimate of drug-likeness (QED) is 0.161. The molecule has 0 saturated heterocycles. The van der Waals surface area contributed by atoms with Crippen molar-refractivity contribution in [2.75, 3.05) is 4.90 Å². The maximum absolute atomic E-state index is 11.2. The van der Waals surface area contributed by atoms with Crippen molar-refractivity contribution in [3.63, 3.8) is 0 Å². The lowest BCUT2D eigenvalue weighted by atomic mass is 9.86. The summed E-state index contributed by atoms with van der Waals surface area (Å²) in [6, 6.07) is 51.4. The Bertz CT molecular complexity index is 2170. The van der Waals surface area contributed by atoms with Crippen LogP contribution in [0.2, 0.25) is 0 Å². The molecular weight excluding hydrogens is 623 g/mol. The first-order valence-corrected chi connectivity index (χ1v) is 18.0. The van der Waals surface area contributed by atoms with Gasteiger partial charge in [-0.25, -0.2) is 0 Å². The summed E-state index contributed by atoms with van der Waals surface area (Å²) in [5.74, 6) is 0.488. The normalized spacial score (nSPS) is 12.7. The Kier molecular flexibility index (Phi) is 9.05. The van der Waals surface area contributed by atoms with Gasteiger partial charge >= 0.3 is 0 Å². The van der Waals surface area contributed by atoms with Crippen molar-refractivity contribution in [1.29, 1.82) is 0 Å². The number of benzene rings is 7. The lowest BCUT2D eigenvalue weighted by molar-refractivity contribution is 0.0787. The molecule has 3 nitrogen and oxygen atoms in total. The number of aliphatic hydroxyl groups is 2. The Labute approximate surface area is 302 Å². The predicted octanol–water partition coefficient (Wildman–Crippen LogP) is 12.8. The molecule has 0 radical (unpaired) electrons. The molecule has 0 aromatic heterocycles. The van der Waals surface area contributed by atoms with Crippen molar-refractivity contribution >= 4 is 38.6 Å². The molecule has 7 aromatic rings. The molecule has 7 aromatic carbocycles. The highest BCUT2D eigenvalue weighted by Crippen LogP contribution is 2.43. The van der Waals surface area contributed by atoms with E-state index in [4.69, 9.17) is 0 Å². The molecule has 7 rings (SSSR count). The largest absolute Gasteiger partial charge is 0.386 e. The van der Waals surface area contributed by atoms with Gasteiger partial charge in [-0.2, -0.15) is 0 Å². The van der Waals surface area contributed by atoms with Crippen molar-refractivity contribution < 1.29 is 10.2 Å². The van der Waals surface area contributed by atoms with Gasteiger partial charge in [-0.1, -0.05) is 123 Å². The Hall–Kier alpha value is -5.22. The SMILES string of the molecule is CCC(C)c1ccc(N(c2ccc(-c3c(C(C)(C)O)ccc4ccccc34)cc2)c2ccc(-c3c(C(C)(C)O)ccc4ccccc34)cc2)cc1. The fraction of sp³-hybridized carbons (Fsp3) is 0.208. The Morgan fingerprint density at radius 1 is 0.490 bits per heavy atom. The zero-order valence-corrected chi connectivity index (χ0v) is 30.5. The molecule has 51 heavy (non-hydrogen) atoms. The van der Waals surface area contributed by atoms with E-state index in [1.54, 1.807) is 0 Å². The van der Waals surface area contributed by atoms with Gasteiger partial charge in [0.1, 0.15) is 0 Å². The van der Waals surface area contributed by atoms with E-state index in [0.29, 0.717) is 5.92 Å². The van der Waals surface area contributed by atoms with Crippen LogP contribution < -0.4 is 4.90 Å². The van der Waals surface area contributed by atoms with Gasteiger partial charge in [0.05, 0.1) is 11.2 Å². The molecule has 0 aliphatic rings. The lowest BCUT2D eigenvalue weighted by Gasteiger charge is -2.28. The van der Waals surface area contributed by atoms with Crippen LogP contribution >= 0.6 is 0 Å². The molecule has 0 bridgehead atoms. The molecule has 2 N–H and O–H groups in total. The third-order valence-electron chi connectivity index (χ3n) is 10.3. The summed E-state index contributed by atoms with van der Waals surface area (Å²) in [6.07, 6.45) is 1.09. The average molecular weight is 670 g/mol.